The van der Waals surface area contributed by atoms with Crippen molar-refractivity contribution in [1.82, 2.24) is 0 Å². The molecule has 0 spiro atoms. The van der Waals surface area contributed by atoms with Crippen LogP contribution in [0.25, 0.3) is 22.1 Å². The predicted molar refractivity (Wildman–Crippen MR) is 133 cm³/mol. The fourth-order valence-corrected chi connectivity index (χ4v) is 4.07. The molecule has 0 aliphatic rings. The molecular weight excluding hydrogens is 447 g/mol. The monoisotopic (exact) mass is 474 g/mol. The standard InChI is InChI=1S/C29H27FO5/c1-4-33-27(31)16-14-25-18(2)24-13-15-26(19(3)28(24)35-29(25)32)34-17-20-5-7-21(8-6-20)22-9-11-23(30)12-10-22/h5-13,15H,4,14,16-17H2,1-3H3. The number of ether oxygens (including phenoxy) is 2. The van der Waals surface area contributed by atoms with Gasteiger partial charge in [0, 0.05) is 22.9 Å². The van der Waals surface area contributed by atoms with E-state index in [1.54, 1.807) is 19.1 Å². The summed E-state index contributed by atoms with van der Waals surface area (Å²) in [4.78, 5) is 24.4. The van der Waals surface area contributed by atoms with Gasteiger partial charge in [-0.15, -0.1) is 0 Å². The van der Waals surface area contributed by atoms with Gasteiger partial charge in [-0.05, 0) is 73.7 Å². The second kappa shape index (κ2) is 10.6. The van der Waals surface area contributed by atoms with Gasteiger partial charge in [0.25, 0.3) is 0 Å². The summed E-state index contributed by atoms with van der Waals surface area (Å²) in [6.45, 7) is 6.12. The minimum atomic E-state index is -0.448. The van der Waals surface area contributed by atoms with Gasteiger partial charge in [-0.1, -0.05) is 36.4 Å². The molecule has 1 heterocycles. The molecule has 0 bridgehead atoms. The van der Waals surface area contributed by atoms with Gasteiger partial charge in [-0.25, -0.2) is 9.18 Å². The Kier molecular flexibility index (Phi) is 7.30. The summed E-state index contributed by atoms with van der Waals surface area (Å²) < 4.78 is 29.8. The fourth-order valence-electron chi connectivity index (χ4n) is 4.07. The van der Waals surface area contributed by atoms with Crippen LogP contribution in [0.4, 0.5) is 4.39 Å². The summed E-state index contributed by atoms with van der Waals surface area (Å²) in [6.07, 6.45) is 0.402. The molecule has 0 amide bonds. The normalized spacial score (nSPS) is 11.0. The van der Waals surface area contributed by atoms with E-state index in [0.29, 0.717) is 30.1 Å². The zero-order valence-electron chi connectivity index (χ0n) is 20.0. The van der Waals surface area contributed by atoms with Crippen molar-refractivity contribution in [1.29, 1.82) is 0 Å². The van der Waals surface area contributed by atoms with Crippen LogP contribution in [0.2, 0.25) is 0 Å². The molecule has 4 rings (SSSR count). The fraction of sp³-hybridized carbons (Fsp3) is 0.241. The Morgan fingerprint density at radius 2 is 1.57 bits per heavy atom. The predicted octanol–water partition coefficient (Wildman–Crippen LogP) is 6.29. The van der Waals surface area contributed by atoms with Gasteiger partial charge in [-0.2, -0.15) is 0 Å². The van der Waals surface area contributed by atoms with E-state index in [1.165, 1.54) is 12.1 Å². The van der Waals surface area contributed by atoms with Crippen molar-refractivity contribution < 1.29 is 23.1 Å². The molecule has 0 fully saturated rings. The minimum absolute atomic E-state index is 0.130. The summed E-state index contributed by atoms with van der Waals surface area (Å²) in [5.74, 6) is 0.0300. The third-order valence-electron chi connectivity index (χ3n) is 6.06. The third kappa shape index (κ3) is 5.43. The highest BCUT2D eigenvalue weighted by Crippen LogP contribution is 2.30. The zero-order chi connectivity index (χ0) is 24.9. The molecule has 0 aliphatic heterocycles. The van der Waals surface area contributed by atoms with E-state index in [2.05, 4.69) is 0 Å². The molecule has 0 saturated heterocycles. The maximum atomic E-state index is 13.2. The van der Waals surface area contributed by atoms with E-state index >= 15 is 0 Å². The number of esters is 1. The lowest BCUT2D eigenvalue weighted by Crippen LogP contribution is -2.14. The van der Waals surface area contributed by atoms with Crippen LogP contribution in [0.1, 0.15) is 35.6 Å². The number of carbonyl (C=O) groups is 1. The van der Waals surface area contributed by atoms with Crippen molar-refractivity contribution in [2.75, 3.05) is 6.61 Å². The molecule has 35 heavy (non-hydrogen) atoms. The van der Waals surface area contributed by atoms with Gasteiger partial charge in [0.2, 0.25) is 0 Å². The van der Waals surface area contributed by atoms with Crippen LogP contribution in [0.3, 0.4) is 0 Å². The molecule has 0 unspecified atom stereocenters. The Morgan fingerprint density at radius 3 is 2.23 bits per heavy atom. The Hall–Kier alpha value is -3.93. The van der Waals surface area contributed by atoms with Crippen molar-refractivity contribution in [3.8, 4) is 16.9 Å². The van der Waals surface area contributed by atoms with Crippen LogP contribution < -0.4 is 10.4 Å². The van der Waals surface area contributed by atoms with Crippen LogP contribution in [0.15, 0.2) is 69.9 Å². The number of carbonyl (C=O) groups excluding carboxylic acids is 1. The smallest absolute Gasteiger partial charge is 0.339 e. The van der Waals surface area contributed by atoms with Crippen LogP contribution in [0, 0.1) is 19.7 Å². The molecular formula is C29H27FO5. The molecule has 5 nitrogen and oxygen atoms in total. The van der Waals surface area contributed by atoms with E-state index in [4.69, 9.17) is 13.9 Å². The van der Waals surface area contributed by atoms with Gasteiger partial charge in [0.1, 0.15) is 23.8 Å². The van der Waals surface area contributed by atoms with Gasteiger partial charge in [0.15, 0.2) is 0 Å². The molecule has 0 aliphatic carbocycles. The van der Waals surface area contributed by atoms with Crippen molar-refractivity contribution in [2.24, 2.45) is 0 Å². The van der Waals surface area contributed by atoms with E-state index in [1.807, 2.05) is 50.2 Å². The van der Waals surface area contributed by atoms with E-state index in [-0.39, 0.29) is 24.6 Å². The van der Waals surface area contributed by atoms with Gasteiger partial charge >= 0.3 is 11.6 Å². The van der Waals surface area contributed by atoms with Crippen LogP contribution >= 0.6 is 0 Å². The molecule has 0 N–H and O–H groups in total. The van der Waals surface area contributed by atoms with Gasteiger partial charge in [0.05, 0.1) is 6.61 Å². The van der Waals surface area contributed by atoms with Crippen molar-refractivity contribution >= 4 is 16.9 Å². The van der Waals surface area contributed by atoms with Gasteiger partial charge < -0.3 is 13.9 Å². The number of aryl methyl sites for hydroxylation is 2. The number of fused-ring (bicyclic) bond motifs is 1. The summed E-state index contributed by atoms with van der Waals surface area (Å²) >= 11 is 0. The van der Waals surface area contributed by atoms with E-state index in [0.717, 1.165) is 33.2 Å². The van der Waals surface area contributed by atoms with Crippen molar-refractivity contribution in [3.05, 3.63) is 99.2 Å². The quantitative estimate of drug-likeness (QED) is 0.222. The van der Waals surface area contributed by atoms with E-state index < -0.39 is 5.63 Å². The number of rotatable bonds is 8. The second-order valence-electron chi connectivity index (χ2n) is 8.36. The van der Waals surface area contributed by atoms with Crippen LogP contribution in [-0.2, 0) is 22.6 Å². The van der Waals surface area contributed by atoms with Crippen LogP contribution in [0.5, 0.6) is 5.75 Å². The third-order valence-corrected chi connectivity index (χ3v) is 6.06. The maximum absolute atomic E-state index is 13.2. The highest BCUT2D eigenvalue weighted by molar-refractivity contribution is 5.85. The Labute approximate surface area is 203 Å². The molecule has 0 saturated carbocycles. The minimum Gasteiger partial charge on any atom is -0.488 e. The molecule has 0 atom stereocenters. The Morgan fingerprint density at radius 1 is 0.914 bits per heavy atom. The number of halogens is 1. The van der Waals surface area contributed by atoms with Crippen molar-refractivity contribution in [2.45, 2.75) is 40.2 Å². The molecule has 180 valence electrons. The Balaban J connectivity index is 1.50. The SMILES string of the molecule is CCOC(=O)CCc1c(C)c2ccc(OCc3ccc(-c4ccc(F)cc4)cc3)c(C)c2oc1=O. The maximum Gasteiger partial charge on any atom is 0.339 e. The largest absolute Gasteiger partial charge is 0.488 e. The number of hydrogen-bond acceptors (Lipinski definition) is 5. The Bertz CT molecular complexity index is 1400. The lowest BCUT2D eigenvalue weighted by Gasteiger charge is -2.13. The van der Waals surface area contributed by atoms with E-state index in [9.17, 15) is 14.0 Å². The summed E-state index contributed by atoms with van der Waals surface area (Å²) in [7, 11) is 0. The van der Waals surface area contributed by atoms with Crippen LogP contribution in [-0.4, -0.2) is 12.6 Å². The first kappa shape index (κ1) is 24.2. The van der Waals surface area contributed by atoms with Crippen molar-refractivity contribution in [3.63, 3.8) is 0 Å². The molecule has 6 heteroatoms. The molecule has 4 aromatic rings. The average Bonchev–Trinajstić information content (AvgIpc) is 2.85. The lowest BCUT2D eigenvalue weighted by molar-refractivity contribution is -0.143. The highest BCUT2D eigenvalue weighted by Gasteiger charge is 2.16. The molecule has 1 aromatic heterocycles. The average molecular weight is 475 g/mol. The molecule has 3 aromatic carbocycles. The summed E-state index contributed by atoms with van der Waals surface area (Å²) in [6, 6.07) is 18.0. The number of hydrogen-bond donors (Lipinski definition) is 0. The first-order valence-electron chi connectivity index (χ1n) is 11.6. The zero-order valence-corrected chi connectivity index (χ0v) is 20.0. The first-order valence-corrected chi connectivity index (χ1v) is 11.6. The topological polar surface area (TPSA) is 65.7 Å². The highest BCUT2D eigenvalue weighted by atomic mass is 19.1. The first-order chi connectivity index (χ1) is 16.9. The second-order valence-corrected chi connectivity index (χ2v) is 8.36. The molecule has 0 radical (unpaired) electrons. The lowest BCUT2D eigenvalue weighted by atomic mass is 10.0. The number of benzene rings is 3. The van der Waals surface area contributed by atoms with Gasteiger partial charge in [-0.3, -0.25) is 4.79 Å². The summed E-state index contributed by atoms with van der Waals surface area (Å²) in [5.41, 5.74) is 4.96. The summed E-state index contributed by atoms with van der Waals surface area (Å²) in [5, 5.41) is 0.817.